The van der Waals surface area contributed by atoms with E-state index in [0.29, 0.717) is 12.5 Å². The fourth-order valence-corrected chi connectivity index (χ4v) is 2.10. The van der Waals surface area contributed by atoms with E-state index in [1.807, 2.05) is 20.2 Å². The summed E-state index contributed by atoms with van der Waals surface area (Å²) in [6, 6.07) is 12.4. The summed E-state index contributed by atoms with van der Waals surface area (Å²) in [5.41, 5.74) is 7.87. The first-order chi connectivity index (χ1) is 9.11. The lowest BCUT2D eigenvalue weighted by Crippen LogP contribution is -2.08. The van der Waals surface area contributed by atoms with Crippen molar-refractivity contribution in [1.82, 2.24) is 0 Å². The second kappa shape index (κ2) is 5.93. The highest BCUT2D eigenvalue weighted by Crippen LogP contribution is 2.29. The molecular weight excluding hydrogens is 236 g/mol. The molecule has 3 heteroatoms. The van der Waals surface area contributed by atoms with E-state index in [1.54, 1.807) is 0 Å². The van der Waals surface area contributed by atoms with Crippen molar-refractivity contribution in [2.75, 3.05) is 25.5 Å². The van der Waals surface area contributed by atoms with Crippen LogP contribution in [-0.2, 0) is 0 Å². The van der Waals surface area contributed by atoms with Crippen molar-refractivity contribution in [3.8, 4) is 11.3 Å². The molecule has 0 radical (unpaired) electrons. The smallest absolute Gasteiger partial charge is 0.134 e. The monoisotopic (exact) mass is 258 g/mol. The standard InChI is InChI=1S/C16H22N2O/c1-12(9-10-17)15-7-8-16(19-15)13-5-4-6-14(11-13)18(2)3/h4-8,11-12H,9-10,17H2,1-3H3. The molecule has 3 nitrogen and oxygen atoms in total. The molecule has 0 amide bonds. The highest BCUT2D eigenvalue weighted by Gasteiger charge is 2.11. The molecule has 0 aliphatic rings. The van der Waals surface area contributed by atoms with E-state index >= 15 is 0 Å². The van der Waals surface area contributed by atoms with Gasteiger partial charge in [-0.15, -0.1) is 0 Å². The van der Waals surface area contributed by atoms with Gasteiger partial charge in [-0.1, -0.05) is 19.1 Å². The van der Waals surface area contributed by atoms with Crippen LogP contribution in [0.2, 0.25) is 0 Å². The Hall–Kier alpha value is -1.74. The van der Waals surface area contributed by atoms with Gasteiger partial charge in [0.25, 0.3) is 0 Å². The number of anilines is 1. The van der Waals surface area contributed by atoms with Crippen LogP contribution in [0, 0.1) is 0 Å². The number of nitrogens with zero attached hydrogens (tertiary/aromatic N) is 1. The van der Waals surface area contributed by atoms with Crippen LogP contribution in [0.1, 0.15) is 25.0 Å². The Labute approximate surface area is 115 Å². The first kappa shape index (κ1) is 13.7. The molecule has 1 heterocycles. The Kier molecular flexibility index (Phi) is 4.27. The van der Waals surface area contributed by atoms with Crippen molar-refractivity contribution in [2.45, 2.75) is 19.3 Å². The van der Waals surface area contributed by atoms with Crippen LogP contribution in [0.4, 0.5) is 5.69 Å². The van der Waals surface area contributed by atoms with Gasteiger partial charge in [-0.25, -0.2) is 0 Å². The number of hydrogen-bond acceptors (Lipinski definition) is 3. The first-order valence-corrected chi connectivity index (χ1v) is 6.69. The number of benzene rings is 1. The lowest BCUT2D eigenvalue weighted by atomic mass is 10.1. The van der Waals surface area contributed by atoms with E-state index in [4.69, 9.17) is 10.2 Å². The molecule has 19 heavy (non-hydrogen) atoms. The molecule has 2 aromatic rings. The maximum absolute atomic E-state index is 5.94. The number of nitrogens with two attached hydrogens (primary N) is 1. The van der Waals surface area contributed by atoms with Gasteiger partial charge in [0.05, 0.1) is 0 Å². The van der Waals surface area contributed by atoms with Gasteiger partial charge < -0.3 is 15.1 Å². The van der Waals surface area contributed by atoms with Gasteiger partial charge >= 0.3 is 0 Å². The van der Waals surface area contributed by atoms with E-state index in [0.717, 1.165) is 23.5 Å². The Morgan fingerprint density at radius 1 is 1.21 bits per heavy atom. The Balaban J connectivity index is 2.25. The first-order valence-electron chi connectivity index (χ1n) is 6.69. The van der Waals surface area contributed by atoms with Crippen molar-refractivity contribution in [3.63, 3.8) is 0 Å². The van der Waals surface area contributed by atoms with Crippen LogP contribution in [0.15, 0.2) is 40.8 Å². The minimum absolute atomic E-state index is 0.371. The lowest BCUT2D eigenvalue weighted by Gasteiger charge is -2.13. The molecule has 0 aliphatic heterocycles. The number of rotatable bonds is 5. The summed E-state index contributed by atoms with van der Waals surface area (Å²) < 4.78 is 5.94. The zero-order valence-electron chi connectivity index (χ0n) is 11.9. The summed E-state index contributed by atoms with van der Waals surface area (Å²) in [5, 5.41) is 0. The molecule has 2 N–H and O–H groups in total. The van der Waals surface area contributed by atoms with Crippen molar-refractivity contribution in [1.29, 1.82) is 0 Å². The van der Waals surface area contributed by atoms with Crippen LogP contribution in [0.5, 0.6) is 0 Å². The van der Waals surface area contributed by atoms with Crippen molar-refractivity contribution in [2.24, 2.45) is 5.73 Å². The summed E-state index contributed by atoms with van der Waals surface area (Å²) >= 11 is 0. The number of furan rings is 1. The predicted octanol–water partition coefficient (Wildman–Crippen LogP) is 3.46. The largest absolute Gasteiger partial charge is 0.461 e. The normalized spacial score (nSPS) is 12.4. The second-order valence-corrected chi connectivity index (χ2v) is 5.13. The van der Waals surface area contributed by atoms with Crippen LogP contribution in [0.3, 0.4) is 0 Å². The predicted molar refractivity (Wildman–Crippen MR) is 80.6 cm³/mol. The summed E-state index contributed by atoms with van der Waals surface area (Å²) in [4.78, 5) is 2.09. The minimum atomic E-state index is 0.371. The molecule has 1 atom stereocenters. The van der Waals surface area contributed by atoms with E-state index in [1.165, 1.54) is 5.69 Å². The van der Waals surface area contributed by atoms with Crippen LogP contribution in [-0.4, -0.2) is 20.6 Å². The second-order valence-electron chi connectivity index (χ2n) is 5.13. The topological polar surface area (TPSA) is 42.4 Å². The van der Waals surface area contributed by atoms with Gasteiger partial charge in [0, 0.05) is 31.3 Å². The summed E-state index contributed by atoms with van der Waals surface area (Å²) in [6.07, 6.45) is 0.949. The quantitative estimate of drug-likeness (QED) is 0.893. The third-order valence-electron chi connectivity index (χ3n) is 3.36. The number of hydrogen-bond donors (Lipinski definition) is 1. The van der Waals surface area contributed by atoms with Crippen molar-refractivity contribution in [3.05, 3.63) is 42.2 Å². The molecule has 1 aromatic carbocycles. The molecule has 102 valence electrons. The molecule has 0 saturated carbocycles. The zero-order chi connectivity index (χ0) is 13.8. The molecule has 0 saturated heterocycles. The molecule has 0 fully saturated rings. The van der Waals surface area contributed by atoms with Gasteiger partial charge in [0.1, 0.15) is 11.5 Å². The minimum Gasteiger partial charge on any atom is -0.461 e. The Morgan fingerprint density at radius 3 is 2.68 bits per heavy atom. The lowest BCUT2D eigenvalue weighted by molar-refractivity contribution is 0.474. The van der Waals surface area contributed by atoms with Gasteiger partial charge in [0.2, 0.25) is 0 Å². The molecule has 0 aliphatic carbocycles. The third kappa shape index (κ3) is 3.18. The maximum Gasteiger partial charge on any atom is 0.134 e. The summed E-state index contributed by atoms with van der Waals surface area (Å²) in [7, 11) is 4.08. The Morgan fingerprint density at radius 2 is 2.00 bits per heavy atom. The highest BCUT2D eigenvalue weighted by atomic mass is 16.3. The summed E-state index contributed by atoms with van der Waals surface area (Å²) in [5.74, 6) is 2.30. The average Bonchev–Trinajstić information content (AvgIpc) is 2.89. The van der Waals surface area contributed by atoms with Crippen LogP contribution in [0.25, 0.3) is 11.3 Å². The van der Waals surface area contributed by atoms with Crippen molar-refractivity contribution < 1.29 is 4.42 Å². The maximum atomic E-state index is 5.94. The van der Waals surface area contributed by atoms with Gasteiger partial charge in [-0.05, 0) is 37.2 Å². The molecule has 2 rings (SSSR count). The molecular formula is C16H22N2O. The average molecular weight is 258 g/mol. The Bertz CT molecular complexity index is 531. The molecule has 0 bridgehead atoms. The highest BCUT2D eigenvalue weighted by molar-refractivity contribution is 5.64. The van der Waals surface area contributed by atoms with Crippen LogP contribution < -0.4 is 10.6 Å². The zero-order valence-corrected chi connectivity index (χ0v) is 11.9. The SMILES string of the molecule is CC(CCN)c1ccc(-c2cccc(N(C)C)c2)o1. The van der Waals surface area contributed by atoms with E-state index in [2.05, 4.69) is 42.2 Å². The fraction of sp³-hybridized carbons (Fsp3) is 0.375. The van der Waals surface area contributed by atoms with E-state index < -0.39 is 0 Å². The third-order valence-corrected chi connectivity index (χ3v) is 3.36. The van der Waals surface area contributed by atoms with Gasteiger partial charge in [-0.3, -0.25) is 0 Å². The fourth-order valence-electron chi connectivity index (χ4n) is 2.10. The van der Waals surface area contributed by atoms with Crippen LogP contribution >= 0.6 is 0 Å². The molecule has 1 aromatic heterocycles. The van der Waals surface area contributed by atoms with E-state index in [-0.39, 0.29) is 0 Å². The summed E-state index contributed by atoms with van der Waals surface area (Å²) in [6.45, 7) is 2.83. The van der Waals surface area contributed by atoms with Crippen molar-refractivity contribution >= 4 is 5.69 Å². The van der Waals surface area contributed by atoms with E-state index in [9.17, 15) is 0 Å². The van der Waals surface area contributed by atoms with Gasteiger partial charge in [-0.2, -0.15) is 0 Å². The van der Waals surface area contributed by atoms with Gasteiger partial charge in [0.15, 0.2) is 0 Å². The molecule has 0 spiro atoms. The molecule has 1 unspecified atom stereocenters.